The van der Waals surface area contributed by atoms with Gasteiger partial charge in [0.1, 0.15) is 5.82 Å². The van der Waals surface area contributed by atoms with E-state index in [1.165, 1.54) is 22.3 Å². The molecular weight excluding hydrogens is 820 g/mol. The van der Waals surface area contributed by atoms with Crippen LogP contribution in [0.1, 0.15) is 26.3 Å². The molecule has 8 aromatic rings. The van der Waals surface area contributed by atoms with Crippen LogP contribution in [-0.2, 0) is 26.5 Å². The molecule has 0 unspecified atom stereocenters. The summed E-state index contributed by atoms with van der Waals surface area (Å²) in [6.45, 7) is 6.67. The van der Waals surface area contributed by atoms with E-state index in [4.69, 9.17) is 9.72 Å². The zero-order valence-corrected chi connectivity index (χ0v) is 31.1. The number of anilines is 2. The van der Waals surface area contributed by atoms with Gasteiger partial charge in [0.2, 0.25) is 0 Å². The van der Waals surface area contributed by atoms with Crippen molar-refractivity contribution in [1.29, 1.82) is 0 Å². The Morgan fingerprint density at radius 1 is 0.654 bits per heavy atom. The summed E-state index contributed by atoms with van der Waals surface area (Å²) in [5.74, 6) is 2.04. The first kappa shape index (κ1) is 32.2. The predicted octanol–water partition coefficient (Wildman–Crippen LogP) is 11.4. The van der Waals surface area contributed by atoms with E-state index in [2.05, 4.69) is 162 Å². The third kappa shape index (κ3) is 5.03. The number of rotatable bonds is 4. The number of hydrogen-bond donors (Lipinski definition) is 0. The quantitative estimate of drug-likeness (QED) is 0.131. The topological polar surface area (TPSA) is 33.3 Å². The van der Waals surface area contributed by atoms with Crippen LogP contribution in [0.3, 0.4) is 0 Å². The Morgan fingerprint density at radius 3 is 2.23 bits per heavy atom. The summed E-state index contributed by atoms with van der Waals surface area (Å²) in [4.78, 5) is 6.91. The first-order valence-corrected chi connectivity index (χ1v) is 17.2. The van der Waals surface area contributed by atoms with Crippen molar-refractivity contribution in [3.05, 3.63) is 157 Å². The van der Waals surface area contributed by atoms with E-state index in [9.17, 15) is 0 Å². The monoisotopic (exact) mass is 851 g/mol. The maximum atomic E-state index is 6.57. The van der Waals surface area contributed by atoms with Gasteiger partial charge in [0.25, 0.3) is 6.34 Å². The van der Waals surface area contributed by atoms with Crippen molar-refractivity contribution < 1.29 is 25.8 Å². The zero-order valence-electron chi connectivity index (χ0n) is 28.8. The van der Waals surface area contributed by atoms with Gasteiger partial charge < -0.3 is 14.2 Å². The van der Waals surface area contributed by atoms with E-state index >= 15 is 0 Å². The summed E-state index contributed by atoms with van der Waals surface area (Å²) in [5, 5.41) is 2.24. The summed E-state index contributed by atoms with van der Waals surface area (Å²) in [6, 6.07) is 53.5. The number of fused-ring (bicyclic) bond motifs is 8. The van der Waals surface area contributed by atoms with Gasteiger partial charge in [-0.25, -0.2) is 4.98 Å². The normalized spacial score (nSPS) is 12.8. The number of ether oxygens (including phenoxy) is 1. The number of aromatic nitrogens is 2. The Hall–Kier alpha value is -5.77. The molecule has 2 aromatic heterocycles. The summed E-state index contributed by atoms with van der Waals surface area (Å²) in [7, 11) is 0. The Bertz CT molecular complexity index is 2740. The minimum absolute atomic E-state index is 0. The molecular formula is C46H32N4OPt-2. The Labute approximate surface area is 317 Å². The molecule has 0 amide bonds. The van der Waals surface area contributed by atoms with Crippen LogP contribution in [0.25, 0.3) is 49.9 Å². The van der Waals surface area contributed by atoms with Crippen LogP contribution in [0.4, 0.5) is 22.7 Å². The summed E-state index contributed by atoms with van der Waals surface area (Å²) >= 11 is 0. The number of pyridine rings is 1. The number of benzene rings is 6. The molecule has 0 spiro atoms. The average molecular weight is 852 g/mol. The Kier molecular flexibility index (Phi) is 7.53. The molecule has 0 fully saturated rings. The summed E-state index contributed by atoms with van der Waals surface area (Å²) in [6.07, 6.45) is 5.63. The van der Waals surface area contributed by atoms with Crippen LogP contribution in [-0.4, -0.2) is 15.9 Å². The second-order valence-corrected chi connectivity index (χ2v) is 14.1. The summed E-state index contributed by atoms with van der Waals surface area (Å²) in [5.41, 5.74) is 12.0. The van der Waals surface area contributed by atoms with Gasteiger partial charge in [0.05, 0.1) is 17.1 Å². The fraction of sp³-hybridized carbons (Fsp3) is 0.0870. The standard InChI is InChI=1S/C46H32N4O.Pt/c1-46(2,3)30-24-25-47-44(26-30)50-42-21-9-6-14-34(42)37-23-22-33(28-43(37)50)51-32-13-10-12-31(27-32)48-29-49-41-20-8-5-16-36(41)39-18-11-17-38(45(39)49)35-15-4-7-19-40(35)48;/h4-26H,1-3H3;/q-2;. The van der Waals surface area contributed by atoms with Gasteiger partial charge in [-0.2, -0.15) is 18.2 Å². The smallest absolute Gasteiger partial charge is 0.268 e. The van der Waals surface area contributed by atoms with Crippen molar-refractivity contribution in [3.8, 4) is 39.6 Å². The fourth-order valence-electron chi connectivity index (χ4n) is 7.50. The molecule has 6 heteroatoms. The van der Waals surface area contributed by atoms with Crippen LogP contribution < -0.4 is 14.2 Å². The molecule has 254 valence electrons. The second kappa shape index (κ2) is 12.2. The molecule has 5 nitrogen and oxygen atoms in total. The summed E-state index contributed by atoms with van der Waals surface area (Å²) < 4.78 is 10.9. The Morgan fingerprint density at radius 2 is 1.37 bits per heavy atom. The molecule has 0 aliphatic carbocycles. The van der Waals surface area contributed by atoms with Crippen molar-refractivity contribution in [2.75, 3.05) is 4.90 Å². The maximum absolute atomic E-state index is 6.57. The van der Waals surface area contributed by atoms with Gasteiger partial charge in [-0.3, -0.25) is 4.58 Å². The largest absolute Gasteiger partial charge is 0.510 e. The SMILES string of the molecule is CC(C)(C)c1ccnc(-n2c3[c-]c(Oc4[c-]c(N5[C-]=[N+]6c7ccccc7-c7cccc(c76)-c6ccccc65)ccc4)ccc3c3ccccc32)c1.[Pt]. The molecule has 0 radical (unpaired) electrons. The molecule has 0 bridgehead atoms. The maximum Gasteiger partial charge on any atom is 0.268 e. The van der Waals surface area contributed by atoms with Crippen molar-refractivity contribution in [1.82, 2.24) is 14.1 Å². The molecule has 0 saturated carbocycles. The molecule has 2 aliphatic heterocycles. The van der Waals surface area contributed by atoms with Gasteiger partial charge in [-0.15, -0.1) is 29.7 Å². The Balaban J connectivity index is 0.00000360. The van der Waals surface area contributed by atoms with Crippen molar-refractivity contribution in [2.24, 2.45) is 0 Å². The minimum Gasteiger partial charge on any atom is -0.510 e. The van der Waals surface area contributed by atoms with E-state index in [-0.39, 0.29) is 26.5 Å². The van der Waals surface area contributed by atoms with E-state index < -0.39 is 0 Å². The third-order valence-electron chi connectivity index (χ3n) is 9.94. The number of nitrogens with zero attached hydrogens (tertiary/aromatic N) is 4. The molecule has 2 aliphatic rings. The van der Waals surface area contributed by atoms with Crippen molar-refractivity contribution in [3.63, 3.8) is 0 Å². The van der Waals surface area contributed by atoms with Gasteiger partial charge in [-0.05, 0) is 74.6 Å². The van der Waals surface area contributed by atoms with Crippen LogP contribution in [0.2, 0.25) is 0 Å². The van der Waals surface area contributed by atoms with Gasteiger partial charge >= 0.3 is 0 Å². The van der Waals surface area contributed by atoms with E-state index in [1.807, 2.05) is 30.5 Å². The van der Waals surface area contributed by atoms with Crippen LogP contribution in [0.15, 0.2) is 140 Å². The first-order chi connectivity index (χ1) is 24.9. The molecule has 0 atom stereocenters. The van der Waals surface area contributed by atoms with Gasteiger partial charge in [-0.1, -0.05) is 99.1 Å². The van der Waals surface area contributed by atoms with Crippen LogP contribution >= 0.6 is 0 Å². The van der Waals surface area contributed by atoms with Gasteiger partial charge in [0, 0.05) is 44.3 Å². The van der Waals surface area contributed by atoms with E-state index in [1.54, 1.807) is 0 Å². The first-order valence-electron chi connectivity index (χ1n) is 17.2. The molecule has 4 heterocycles. The second-order valence-electron chi connectivity index (χ2n) is 14.1. The van der Waals surface area contributed by atoms with Crippen molar-refractivity contribution >= 4 is 50.9 Å². The fourth-order valence-corrected chi connectivity index (χ4v) is 7.50. The van der Waals surface area contributed by atoms with Crippen LogP contribution in [0.5, 0.6) is 11.5 Å². The van der Waals surface area contributed by atoms with Crippen LogP contribution in [0, 0.1) is 12.1 Å². The zero-order chi connectivity index (χ0) is 34.3. The van der Waals surface area contributed by atoms with Crippen molar-refractivity contribution in [2.45, 2.75) is 26.2 Å². The molecule has 52 heavy (non-hydrogen) atoms. The minimum atomic E-state index is -0.0126. The average Bonchev–Trinajstić information content (AvgIpc) is 3.60. The number of hydrogen-bond acceptors (Lipinski definition) is 3. The molecule has 10 rings (SSSR count). The van der Waals surface area contributed by atoms with E-state index in [0.717, 1.165) is 55.9 Å². The molecule has 0 saturated heterocycles. The number of para-hydroxylation sites is 4. The third-order valence-corrected chi connectivity index (χ3v) is 9.94. The molecule has 0 N–H and O–H groups in total. The predicted molar refractivity (Wildman–Crippen MR) is 207 cm³/mol. The van der Waals surface area contributed by atoms with Gasteiger partial charge in [0.15, 0.2) is 0 Å². The van der Waals surface area contributed by atoms with E-state index in [0.29, 0.717) is 11.5 Å². The molecule has 6 aromatic carbocycles.